The van der Waals surface area contributed by atoms with Crippen LogP contribution >= 0.6 is 0 Å². The number of carbonyl (C=O) groups is 1. The number of amides is 1. The van der Waals surface area contributed by atoms with E-state index >= 15 is 0 Å². The molecule has 180 valence electrons. The zero-order valence-electron chi connectivity index (χ0n) is 19.7. The van der Waals surface area contributed by atoms with E-state index in [2.05, 4.69) is 45.1 Å². The van der Waals surface area contributed by atoms with Crippen LogP contribution in [0.15, 0.2) is 48.8 Å². The number of nitrogens with zero attached hydrogens (tertiary/aromatic N) is 6. The lowest BCUT2D eigenvalue weighted by Gasteiger charge is -2.19. The van der Waals surface area contributed by atoms with Crippen molar-refractivity contribution in [2.24, 2.45) is 0 Å². The maximum absolute atomic E-state index is 11.1. The van der Waals surface area contributed by atoms with Crippen molar-refractivity contribution in [2.75, 3.05) is 36.4 Å². The maximum atomic E-state index is 11.1. The van der Waals surface area contributed by atoms with Gasteiger partial charge in [-0.15, -0.1) is 0 Å². The number of aromatic nitrogens is 3. The highest BCUT2D eigenvalue weighted by Crippen LogP contribution is 2.28. The van der Waals surface area contributed by atoms with Crippen LogP contribution in [0, 0.1) is 11.3 Å². The van der Waals surface area contributed by atoms with Gasteiger partial charge in [-0.1, -0.05) is 0 Å². The second-order valence-corrected chi connectivity index (χ2v) is 8.05. The Balaban J connectivity index is 1.48. The van der Waals surface area contributed by atoms with Crippen molar-refractivity contribution in [3.8, 4) is 23.1 Å². The van der Waals surface area contributed by atoms with Gasteiger partial charge in [0.15, 0.2) is 0 Å². The summed E-state index contributed by atoms with van der Waals surface area (Å²) in [7, 11) is 0. The average molecular weight is 474 g/mol. The van der Waals surface area contributed by atoms with Crippen LogP contribution in [0.4, 0.5) is 22.2 Å². The van der Waals surface area contributed by atoms with Crippen LogP contribution in [0.1, 0.15) is 25.8 Å². The van der Waals surface area contributed by atoms with Gasteiger partial charge in [0.2, 0.25) is 5.95 Å². The van der Waals surface area contributed by atoms with E-state index in [1.807, 2.05) is 18.2 Å². The fourth-order valence-corrected chi connectivity index (χ4v) is 3.96. The lowest BCUT2D eigenvalue weighted by molar-refractivity contribution is 0.145. The van der Waals surface area contributed by atoms with Crippen molar-refractivity contribution in [1.29, 1.82) is 5.26 Å². The summed E-state index contributed by atoms with van der Waals surface area (Å²) in [5.41, 5.74) is 2.52. The molecule has 1 aromatic carbocycles. The van der Waals surface area contributed by atoms with Gasteiger partial charge in [0.1, 0.15) is 23.7 Å². The van der Waals surface area contributed by atoms with Gasteiger partial charge in [-0.05, 0) is 50.2 Å². The molecule has 35 heavy (non-hydrogen) atoms. The van der Waals surface area contributed by atoms with Crippen LogP contribution in [-0.4, -0.2) is 63.3 Å². The normalized spacial score (nSPS) is 14.9. The number of likely N-dealkylation sites (tertiary alicyclic amines) is 1. The highest BCUT2D eigenvalue weighted by molar-refractivity contribution is 5.66. The molecule has 2 aromatic heterocycles. The number of rotatable bonds is 8. The number of anilines is 3. The van der Waals surface area contributed by atoms with Gasteiger partial charge in [-0.3, -0.25) is 0 Å². The van der Waals surface area contributed by atoms with Gasteiger partial charge < -0.3 is 25.0 Å². The molecule has 1 aliphatic rings. The van der Waals surface area contributed by atoms with Gasteiger partial charge in [0.05, 0.1) is 29.7 Å². The molecule has 0 saturated carbocycles. The maximum Gasteiger partial charge on any atom is 0.407 e. The van der Waals surface area contributed by atoms with Gasteiger partial charge >= 0.3 is 6.09 Å². The molecule has 1 atom stereocenters. The summed E-state index contributed by atoms with van der Waals surface area (Å²) < 4.78 is 5.93. The Morgan fingerprint density at radius 2 is 2.09 bits per heavy atom. The number of nitriles is 1. The fraction of sp³-hybridized carbons (Fsp3) is 0.320. The number of carboxylic acid groups (broad SMARTS) is 1. The van der Waals surface area contributed by atoms with Crippen molar-refractivity contribution in [2.45, 2.75) is 26.4 Å². The van der Waals surface area contributed by atoms with Gasteiger partial charge in [0, 0.05) is 37.8 Å². The molecule has 0 spiro atoms. The Morgan fingerprint density at radius 3 is 2.74 bits per heavy atom. The van der Waals surface area contributed by atoms with Crippen molar-refractivity contribution in [3.05, 3.63) is 54.4 Å². The summed E-state index contributed by atoms with van der Waals surface area (Å²) in [6.45, 7) is 6.66. The van der Waals surface area contributed by atoms with E-state index < -0.39 is 6.09 Å². The number of pyridine rings is 1. The van der Waals surface area contributed by atoms with Crippen molar-refractivity contribution in [1.82, 2.24) is 19.9 Å². The first kappa shape index (κ1) is 23.8. The third-order valence-corrected chi connectivity index (χ3v) is 5.85. The topological polar surface area (TPSA) is 128 Å². The number of ether oxygens (including phenoxy) is 1. The molecule has 0 bridgehead atoms. The highest BCUT2D eigenvalue weighted by Gasteiger charge is 2.27. The molecule has 0 radical (unpaired) electrons. The van der Waals surface area contributed by atoms with E-state index in [1.165, 1.54) is 4.90 Å². The Bertz CT molecular complexity index is 1220. The van der Waals surface area contributed by atoms with Crippen LogP contribution in [0.3, 0.4) is 0 Å². The monoisotopic (exact) mass is 473 g/mol. The van der Waals surface area contributed by atoms with E-state index in [1.54, 1.807) is 30.6 Å². The second kappa shape index (κ2) is 10.7. The average Bonchev–Trinajstić information content (AvgIpc) is 3.35. The Labute approximate surface area is 203 Å². The number of benzene rings is 1. The smallest absolute Gasteiger partial charge is 0.407 e. The minimum Gasteiger partial charge on any atom is -0.487 e. The predicted octanol–water partition coefficient (Wildman–Crippen LogP) is 4.13. The summed E-state index contributed by atoms with van der Waals surface area (Å²) in [6, 6.07) is 13.1. The van der Waals surface area contributed by atoms with E-state index in [0.717, 1.165) is 30.2 Å². The van der Waals surface area contributed by atoms with Crippen LogP contribution in [-0.2, 0) is 0 Å². The summed E-state index contributed by atoms with van der Waals surface area (Å²) >= 11 is 0. The third kappa shape index (κ3) is 5.58. The molecule has 4 rings (SSSR count). The summed E-state index contributed by atoms with van der Waals surface area (Å²) in [5, 5.41) is 22.0. The minimum absolute atomic E-state index is 0.277. The predicted molar refractivity (Wildman–Crippen MR) is 132 cm³/mol. The molecule has 10 nitrogen and oxygen atoms in total. The molecule has 3 aromatic rings. The first-order chi connectivity index (χ1) is 17.0. The summed E-state index contributed by atoms with van der Waals surface area (Å²) in [5.74, 6) is 1.76. The fourth-order valence-electron chi connectivity index (χ4n) is 3.96. The first-order valence-corrected chi connectivity index (χ1v) is 11.5. The van der Waals surface area contributed by atoms with E-state index in [4.69, 9.17) is 9.84 Å². The Hall–Kier alpha value is -4.39. The Kier molecular flexibility index (Phi) is 7.26. The third-order valence-electron chi connectivity index (χ3n) is 5.85. The lowest BCUT2D eigenvalue weighted by atomic mass is 10.1. The highest BCUT2D eigenvalue weighted by atomic mass is 16.5. The number of nitrogens with one attached hydrogen (secondary N) is 1. The standard InChI is InChI=1S/C25H27N7O3/c1-3-31(4-2)23-8-6-19(15-28-23)29-24-27-11-9-21(30-24)17-5-7-22(18(13-17)14-26)35-20-10-12-32(16-20)25(33)34/h5-9,11,13,15,20H,3-4,10,12,16H2,1-2H3,(H,33,34)(H,27,29,30)/t20-/m1/s1. The zero-order chi connectivity index (χ0) is 24.8. The van der Waals surface area contributed by atoms with E-state index in [0.29, 0.717) is 35.9 Å². The number of hydrogen-bond donors (Lipinski definition) is 2. The van der Waals surface area contributed by atoms with E-state index in [9.17, 15) is 10.1 Å². The minimum atomic E-state index is -0.962. The second-order valence-electron chi connectivity index (χ2n) is 8.05. The van der Waals surface area contributed by atoms with Crippen molar-refractivity contribution < 1.29 is 14.6 Å². The largest absolute Gasteiger partial charge is 0.487 e. The van der Waals surface area contributed by atoms with Crippen LogP contribution < -0.4 is 15.0 Å². The van der Waals surface area contributed by atoms with Crippen LogP contribution in [0.25, 0.3) is 11.3 Å². The Morgan fingerprint density at radius 1 is 1.26 bits per heavy atom. The quantitative estimate of drug-likeness (QED) is 0.496. The summed E-state index contributed by atoms with van der Waals surface area (Å²) in [6.07, 6.45) is 2.75. The molecule has 1 amide bonds. The molecule has 2 N–H and O–H groups in total. The molecular weight excluding hydrogens is 446 g/mol. The molecule has 3 heterocycles. The van der Waals surface area contributed by atoms with Gasteiger partial charge in [-0.25, -0.2) is 19.7 Å². The molecular formula is C25H27N7O3. The molecule has 0 unspecified atom stereocenters. The van der Waals surface area contributed by atoms with Crippen molar-refractivity contribution in [3.63, 3.8) is 0 Å². The molecule has 10 heteroatoms. The molecule has 0 aliphatic carbocycles. The first-order valence-electron chi connectivity index (χ1n) is 11.5. The lowest BCUT2D eigenvalue weighted by Crippen LogP contribution is -2.29. The number of hydrogen-bond acceptors (Lipinski definition) is 8. The van der Waals surface area contributed by atoms with Crippen LogP contribution in [0.2, 0.25) is 0 Å². The molecule has 1 saturated heterocycles. The van der Waals surface area contributed by atoms with Crippen LogP contribution in [0.5, 0.6) is 5.75 Å². The molecule has 1 aliphatic heterocycles. The SMILES string of the molecule is CCN(CC)c1ccc(Nc2nccc(-c3ccc(O[C@@H]4CCN(C(=O)O)C4)c(C#N)c3)n2)cn1. The van der Waals surface area contributed by atoms with E-state index in [-0.39, 0.29) is 12.6 Å². The summed E-state index contributed by atoms with van der Waals surface area (Å²) in [4.78, 5) is 28.0. The van der Waals surface area contributed by atoms with Gasteiger partial charge in [-0.2, -0.15) is 5.26 Å². The molecule has 1 fully saturated rings. The zero-order valence-corrected chi connectivity index (χ0v) is 19.7. The van der Waals surface area contributed by atoms with Crippen molar-refractivity contribution >= 4 is 23.5 Å². The van der Waals surface area contributed by atoms with Gasteiger partial charge in [0.25, 0.3) is 0 Å².